The van der Waals surface area contributed by atoms with Crippen molar-refractivity contribution in [2.75, 3.05) is 21.3 Å². The highest BCUT2D eigenvalue weighted by Gasteiger charge is 2.42. The molecule has 0 aliphatic rings. The summed E-state index contributed by atoms with van der Waals surface area (Å²) in [6, 6.07) is 0. The fraction of sp³-hybridized carbons (Fsp3) is 1.00. The summed E-state index contributed by atoms with van der Waals surface area (Å²) in [7, 11) is 0.838. The van der Waals surface area contributed by atoms with Crippen molar-refractivity contribution in [2.24, 2.45) is 4.84 Å². The quantitative estimate of drug-likeness (QED) is 0.423. The van der Waals surface area contributed by atoms with Gasteiger partial charge < -0.3 is 13.3 Å². The summed E-state index contributed by atoms with van der Waals surface area (Å²) in [6.45, 7) is 0. The topological polar surface area (TPSA) is 57.1 Å². The standard InChI is InChI=1S/C3H9NO4Si/c1-6-9(4-5,7-2)8-3/h1-3H3. The average molecular weight is 151 g/mol. The third-order valence-corrected chi connectivity index (χ3v) is 2.66. The summed E-state index contributed by atoms with van der Waals surface area (Å²) in [5, 5.41) is 0. The molecule has 0 N–H and O–H groups in total. The van der Waals surface area contributed by atoms with Gasteiger partial charge in [-0.05, 0) is 4.84 Å². The molecule has 0 spiro atoms. The predicted octanol–water partition coefficient (Wildman–Crippen LogP) is 0.128. The van der Waals surface area contributed by atoms with Gasteiger partial charge in [-0.3, -0.25) is 0 Å². The molecule has 0 radical (unpaired) electrons. The van der Waals surface area contributed by atoms with Crippen molar-refractivity contribution in [3.05, 3.63) is 4.91 Å². The van der Waals surface area contributed by atoms with Gasteiger partial charge in [0.15, 0.2) is 0 Å². The number of hydrogen-bond acceptors (Lipinski definition) is 5. The van der Waals surface area contributed by atoms with Crippen molar-refractivity contribution in [3.8, 4) is 0 Å². The summed E-state index contributed by atoms with van der Waals surface area (Å²) in [4.78, 5) is 12.6. The Bertz CT molecular complexity index is 85.5. The molecule has 0 aromatic heterocycles. The average Bonchev–Trinajstić information content (AvgIpc) is 1.95. The molecule has 0 bridgehead atoms. The molecule has 0 amide bonds. The van der Waals surface area contributed by atoms with E-state index in [2.05, 4.69) is 18.1 Å². The first kappa shape index (κ1) is 8.70. The van der Waals surface area contributed by atoms with Crippen LogP contribution in [-0.2, 0) is 13.3 Å². The van der Waals surface area contributed by atoms with Gasteiger partial charge in [0.05, 0.1) is 0 Å². The molecule has 5 nitrogen and oxygen atoms in total. The van der Waals surface area contributed by atoms with Crippen molar-refractivity contribution < 1.29 is 13.3 Å². The minimum atomic E-state index is -3.12. The van der Waals surface area contributed by atoms with Crippen LogP contribution in [0, 0.1) is 4.91 Å². The number of nitrogens with zero attached hydrogens (tertiary/aromatic N) is 1. The second-order valence-electron chi connectivity index (χ2n) is 1.23. The van der Waals surface area contributed by atoms with Crippen molar-refractivity contribution in [3.63, 3.8) is 0 Å². The molecule has 0 unspecified atom stereocenters. The third-order valence-electron chi connectivity index (χ3n) is 0.886. The molecule has 0 aliphatic carbocycles. The summed E-state index contributed by atoms with van der Waals surface area (Å²) in [5.41, 5.74) is 0. The number of hydrogen-bond donors (Lipinski definition) is 0. The van der Waals surface area contributed by atoms with Crippen LogP contribution >= 0.6 is 0 Å². The highest BCUT2D eigenvalue weighted by atomic mass is 28.4. The SMILES string of the molecule is CO[Si](N=O)(OC)OC. The molecule has 0 atom stereocenters. The van der Waals surface area contributed by atoms with Crippen molar-refractivity contribution in [1.29, 1.82) is 0 Å². The van der Waals surface area contributed by atoms with Crippen LogP contribution in [0.4, 0.5) is 0 Å². The summed E-state index contributed by atoms with van der Waals surface area (Å²) in [5.74, 6) is 0. The smallest absolute Gasteiger partial charge is 0.357 e. The molecule has 0 heterocycles. The van der Waals surface area contributed by atoms with E-state index in [1.165, 1.54) is 21.3 Å². The lowest BCUT2D eigenvalue weighted by Crippen LogP contribution is -2.40. The predicted molar refractivity (Wildman–Crippen MR) is 32.6 cm³/mol. The normalized spacial score (nSPS) is 11.4. The van der Waals surface area contributed by atoms with Crippen molar-refractivity contribution in [2.45, 2.75) is 0 Å². The Kier molecular flexibility index (Phi) is 3.55. The Labute approximate surface area is 54.3 Å². The maximum atomic E-state index is 9.96. The zero-order valence-electron chi connectivity index (χ0n) is 5.58. The second kappa shape index (κ2) is 3.67. The lowest BCUT2D eigenvalue weighted by molar-refractivity contribution is 0.125. The van der Waals surface area contributed by atoms with Crippen LogP contribution in [0.1, 0.15) is 0 Å². The van der Waals surface area contributed by atoms with Crippen LogP contribution in [0.5, 0.6) is 0 Å². The van der Waals surface area contributed by atoms with E-state index in [0.717, 1.165) is 0 Å². The van der Waals surface area contributed by atoms with Gasteiger partial charge in [0, 0.05) is 21.3 Å². The van der Waals surface area contributed by atoms with Crippen LogP contribution in [0.25, 0.3) is 0 Å². The van der Waals surface area contributed by atoms with Crippen molar-refractivity contribution >= 4 is 8.97 Å². The van der Waals surface area contributed by atoms with Gasteiger partial charge in [-0.15, -0.1) is 0 Å². The van der Waals surface area contributed by atoms with Gasteiger partial charge in [0.2, 0.25) is 0 Å². The van der Waals surface area contributed by atoms with E-state index in [-0.39, 0.29) is 0 Å². The van der Waals surface area contributed by atoms with E-state index in [0.29, 0.717) is 0 Å². The molecule has 0 aromatic carbocycles. The van der Waals surface area contributed by atoms with Gasteiger partial charge in [-0.1, -0.05) is 0 Å². The summed E-state index contributed by atoms with van der Waals surface area (Å²) >= 11 is 0. The molecule has 0 rings (SSSR count). The minimum Gasteiger partial charge on any atom is -0.357 e. The molecule has 54 valence electrons. The second-order valence-corrected chi connectivity index (χ2v) is 3.68. The van der Waals surface area contributed by atoms with Gasteiger partial charge in [0.25, 0.3) is 0 Å². The molecule has 9 heavy (non-hydrogen) atoms. The van der Waals surface area contributed by atoms with Gasteiger partial charge >= 0.3 is 8.97 Å². The molecular weight excluding hydrogens is 142 g/mol. The molecular formula is C3H9NO4Si. The van der Waals surface area contributed by atoms with Crippen molar-refractivity contribution in [1.82, 2.24) is 0 Å². The molecule has 0 saturated carbocycles. The van der Waals surface area contributed by atoms with Gasteiger partial charge in [-0.2, -0.15) is 4.91 Å². The molecule has 0 saturated heterocycles. The van der Waals surface area contributed by atoms with E-state index in [9.17, 15) is 4.91 Å². The molecule has 0 fully saturated rings. The number of rotatable bonds is 4. The fourth-order valence-electron chi connectivity index (χ4n) is 0.362. The number of nitroso groups, excluding NO2 is 1. The molecule has 6 heteroatoms. The Morgan fingerprint density at radius 3 is 1.44 bits per heavy atom. The first-order valence-electron chi connectivity index (χ1n) is 2.24. The molecule has 0 aromatic rings. The third kappa shape index (κ3) is 1.83. The first-order valence-corrected chi connectivity index (χ1v) is 3.92. The maximum absolute atomic E-state index is 9.96. The van der Waals surface area contributed by atoms with E-state index in [1.807, 2.05) is 0 Å². The van der Waals surface area contributed by atoms with Crippen LogP contribution in [0.2, 0.25) is 0 Å². The van der Waals surface area contributed by atoms with Crippen LogP contribution in [0.15, 0.2) is 4.84 Å². The Balaban J connectivity index is 3.98. The van der Waals surface area contributed by atoms with E-state index < -0.39 is 8.97 Å². The first-order chi connectivity index (χ1) is 4.24. The highest BCUT2D eigenvalue weighted by molar-refractivity contribution is 6.58. The van der Waals surface area contributed by atoms with Crippen LogP contribution in [-0.4, -0.2) is 30.3 Å². The lowest BCUT2D eigenvalue weighted by atomic mass is 11.8. The largest absolute Gasteiger partial charge is 0.690 e. The summed E-state index contributed by atoms with van der Waals surface area (Å²) in [6.07, 6.45) is 0. The van der Waals surface area contributed by atoms with Crippen LogP contribution in [0.3, 0.4) is 0 Å². The maximum Gasteiger partial charge on any atom is 0.690 e. The van der Waals surface area contributed by atoms with E-state index >= 15 is 0 Å². The van der Waals surface area contributed by atoms with Crippen LogP contribution < -0.4 is 0 Å². The molecule has 0 aliphatic heterocycles. The van der Waals surface area contributed by atoms with E-state index in [1.54, 1.807) is 0 Å². The Morgan fingerprint density at radius 2 is 1.44 bits per heavy atom. The Hall–Kier alpha value is -0.303. The lowest BCUT2D eigenvalue weighted by Gasteiger charge is -2.13. The monoisotopic (exact) mass is 151 g/mol. The zero-order chi connectivity index (χ0) is 7.33. The van der Waals surface area contributed by atoms with Gasteiger partial charge in [0.1, 0.15) is 0 Å². The van der Waals surface area contributed by atoms with Gasteiger partial charge in [-0.25, -0.2) is 0 Å². The zero-order valence-corrected chi connectivity index (χ0v) is 6.58. The minimum absolute atomic E-state index is 1.32. The van der Waals surface area contributed by atoms with E-state index in [4.69, 9.17) is 0 Å². The fourth-order valence-corrected chi connectivity index (χ4v) is 1.09. The Morgan fingerprint density at radius 1 is 1.11 bits per heavy atom. The summed E-state index contributed by atoms with van der Waals surface area (Å²) < 4.78 is 13.8. The highest BCUT2D eigenvalue weighted by Crippen LogP contribution is 2.05.